The molecule has 0 saturated carbocycles. The molecule has 0 heterocycles. The van der Waals surface area contributed by atoms with Crippen molar-refractivity contribution in [1.82, 2.24) is 5.32 Å². The Bertz CT molecular complexity index is 320. The van der Waals surface area contributed by atoms with Crippen LogP contribution in [-0.4, -0.2) is 31.3 Å². The van der Waals surface area contributed by atoms with Crippen LogP contribution in [0.2, 0.25) is 0 Å². The third-order valence-electron chi connectivity index (χ3n) is 3.96. The van der Waals surface area contributed by atoms with Crippen molar-refractivity contribution in [2.45, 2.75) is 97.4 Å². The van der Waals surface area contributed by atoms with Gasteiger partial charge in [0, 0.05) is 0 Å². The van der Waals surface area contributed by atoms with E-state index in [1.54, 1.807) is 13.8 Å². The molecule has 1 N–H and O–H groups in total. The largest absolute Gasteiger partial charge is 0.464 e. The van der Waals surface area contributed by atoms with E-state index in [1.165, 1.54) is 57.8 Å². The molecule has 142 valence electrons. The van der Waals surface area contributed by atoms with E-state index in [1.807, 2.05) is 0 Å². The van der Waals surface area contributed by atoms with Crippen LogP contribution in [0.25, 0.3) is 0 Å². The number of hydrogen-bond acceptors (Lipinski definition) is 4. The fraction of sp³-hybridized carbons (Fsp3) is 0.895. The molecule has 1 amide bonds. The average Bonchev–Trinajstić information content (AvgIpc) is 2.55. The molecule has 0 fully saturated rings. The zero-order chi connectivity index (χ0) is 18.0. The van der Waals surface area contributed by atoms with Crippen molar-refractivity contribution in [3.05, 3.63) is 0 Å². The number of esters is 1. The van der Waals surface area contributed by atoms with Crippen LogP contribution in [0.15, 0.2) is 0 Å². The first-order valence-electron chi connectivity index (χ1n) is 9.71. The van der Waals surface area contributed by atoms with E-state index in [0.717, 1.165) is 12.8 Å². The van der Waals surface area contributed by atoms with E-state index >= 15 is 0 Å². The van der Waals surface area contributed by atoms with Crippen LogP contribution in [-0.2, 0) is 14.3 Å². The summed E-state index contributed by atoms with van der Waals surface area (Å²) in [5.74, 6) is -0.407. The van der Waals surface area contributed by atoms with Crippen molar-refractivity contribution in [3.63, 3.8) is 0 Å². The summed E-state index contributed by atoms with van der Waals surface area (Å²) in [4.78, 5) is 22.9. The summed E-state index contributed by atoms with van der Waals surface area (Å²) in [6.07, 6.45) is 13.3. The molecule has 0 aliphatic carbocycles. The molecule has 1 atom stereocenters. The molecule has 5 heteroatoms. The Balaban J connectivity index is 3.37. The number of carbonyl (C=O) groups is 2. The predicted octanol–water partition coefficient (Wildman–Crippen LogP) is 4.98. The molecule has 0 radical (unpaired) electrons. The summed E-state index contributed by atoms with van der Waals surface area (Å²) < 4.78 is 9.88. The summed E-state index contributed by atoms with van der Waals surface area (Å²) in [5, 5.41) is 2.44. The number of nitrogens with one attached hydrogen (secondary N) is 1. The van der Waals surface area contributed by atoms with Crippen molar-refractivity contribution in [3.8, 4) is 0 Å². The van der Waals surface area contributed by atoms with Gasteiger partial charge in [-0.05, 0) is 20.3 Å². The topological polar surface area (TPSA) is 64.6 Å². The van der Waals surface area contributed by atoms with Crippen LogP contribution >= 0.6 is 0 Å². The van der Waals surface area contributed by atoms with Crippen LogP contribution in [0.5, 0.6) is 0 Å². The van der Waals surface area contributed by atoms with Crippen LogP contribution in [0.1, 0.15) is 91.4 Å². The lowest BCUT2D eigenvalue weighted by Crippen LogP contribution is -2.39. The minimum absolute atomic E-state index is 0.284. The molecule has 0 saturated heterocycles. The first kappa shape index (κ1) is 22.7. The lowest BCUT2D eigenvalue weighted by atomic mass is 10.1. The highest BCUT2D eigenvalue weighted by molar-refractivity contribution is 5.80. The molecule has 0 aromatic heterocycles. The highest BCUT2D eigenvalue weighted by Crippen LogP contribution is 2.11. The van der Waals surface area contributed by atoms with Gasteiger partial charge in [-0.15, -0.1) is 0 Å². The molecule has 0 aliphatic heterocycles. The maximum atomic E-state index is 11.7. The van der Waals surface area contributed by atoms with Crippen molar-refractivity contribution < 1.29 is 19.1 Å². The van der Waals surface area contributed by atoms with Gasteiger partial charge in [-0.1, -0.05) is 71.1 Å². The summed E-state index contributed by atoms with van der Waals surface area (Å²) in [7, 11) is 0. The zero-order valence-electron chi connectivity index (χ0n) is 15.9. The van der Waals surface area contributed by atoms with Gasteiger partial charge in [-0.25, -0.2) is 9.59 Å². The molecule has 0 spiro atoms. The number of hydrogen-bond donors (Lipinski definition) is 1. The van der Waals surface area contributed by atoms with Gasteiger partial charge in [-0.3, -0.25) is 0 Å². The molecule has 24 heavy (non-hydrogen) atoms. The number of ether oxygens (including phenoxy) is 2. The second-order valence-corrected chi connectivity index (χ2v) is 6.29. The van der Waals surface area contributed by atoms with Gasteiger partial charge in [0.05, 0.1) is 13.2 Å². The smallest absolute Gasteiger partial charge is 0.407 e. The van der Waals surface area contributed by atoms with Gasteiger partial charge in [0.1, 0.15) is 6.04 Å². The number of amides is 1. The molecule has 0 rings (SSSR count). The SMILES string of the molecule is CCCCCCCCCCCCCOC(=O)C(C)NC(=O)OCC. The van der Waals surface area contributed by atoms with E-state index in [4.69, 9.17) is 9.47 Å². The average molecular weight is 344 g/mol. The minimum atomic E-state index is -0.670. The number of unbranched alkanes of at least 4 members (excludes halogenated alkanes) is 10. The number of rotatable bonds is 15. The van der Waals surface area contributed by atoms with Crippen LogP contribution in [0, 0.1) is 0 Å². The zero-order valence-corrected chi connectivity index (χ0v) is 15.9. The molecular weight excluding hydrogens is 306 g/mol. The molecule has 0 aromatic carbocycles. The maximum Gasteiger partial charge on any atom is 0.407 e. The highest BCUT2D eigenvalue weighted by atomic mass is 16.6. The molecule has 0 aliphatic rings. The Morgan fingerprint density at radius 2 is 1.29 bits per heavy atom. The number of carbonyl (C=O) groups excluding carboxylic acids is 2. The van der Waals surface area contributed by atoms with Crippen LogP contribution in [0.4, 0.5) is 4.79 Å². The van der Waals surface area contributed by atoms with Gasteiger partial charge in [0.25, 0.3) is 0 Å². The Labute approximate surface area is 147 Å². The third kappa shape index (κ3) is 14.3. The molecule has 0 bridgehead atoms. The monoisotopic (exact) mass is 343 g/mol. The lowest BCUT2D eigenvalue weighted by Gasteiger charge is -2.13. The van der Waals surface area contributed by atoms with E-state index in [-0.39, 0.29) is 6.61 Å². The van der Waals surface area contributed by atoms with Gasteiger partial charge in [0.2, 0.25) is 0 Å². The van der Waals surface area contributed by atoms with E-state index in [2.05, 4.69) is 12.2 Å². The van der Waals surface area contributed by atoms with Crippen LogP contribution < -0.4 is 5.32 Å². The predicted molar refractivity (Wildman–Crippen MR) is 97.0 cm³/mol. The summed E-state index contributed by atoms with van der Waals surface area (Å²) >= 11 is 0. The Morgan fingerprint density at radius 3 is 1.79 bits per heavy atom. The summed E-state index contributed by atoms with van der Waals surface area (Å²) in [5.41, 5.74) is 0. The van der Waals surface area contributed by atoms with Gasteiger partial charge >= 0.3 is 12.1 Å². The highest BCUT2D eigenvalue weighted by Gasteiger charge is 2.17. The van der Waals surface area contributed by atoms with E-state index in [0.29, 0.717) is 6.61 Å². The van der Waals surface area contributed by atoms with Gasteiger partial charge < -0.3 is 14.8 Å². The van der Waals surface area contributed by atoms with Crippen LogP contribution in [0.3, 0.4) is 0 Å². The Hall–Kier alpha value is -1.26. The van der Waals surface area contributed by atoms with Crippen molar-refractivity contribution >= 4 is 12.1 Å². The first-order valence-corrected chi connectivity index (χ1v) is 9.71. The summed E-state index contributed by atoms with van der Waals surface area (Å²) in [6.45, 7) is 6.26. The van der Waals surface area contributed by atoms with Gasteiger partial charge in [-0.2, -0.15) is 0 Å². The fourth-order valence-corrected chi connectivity index (χ4v) is 2.47. The Morgan fingerprint density at radius 1 is 0.792 bits per heavy atom. The van der Waals surface area contributed by atoms with Gasteiger partial charge in [0.15, 0.2) is 0 Å². The minimum Gasteiger partial charge on any atom is -0.464 e. The first-order chi connectivity index (χ1) is 11.6. The summed E-state index contributed by atoms with van der Waals surface area (Å²) in [6, 6.07) is -0.670. The number of alkyl carbamates (subject to hydrolysis) is 1. The molecule has 5 nitrogen and oxygen atoms in total. The quantitative estimate of drug-likeness (QED) is 0.336. The molecule has 0 aromatic rings. The normalized spacial score (nSPS) is 11.8. The van der Waals surface area contributed by atoms with E-state index < -0.39 is 18.1 Å². The van der Waals surface area contributed by atoms with Crippen molar-refractivity contribution in [1.29, 1.82) is 0 Å². The second kappa shape index (κ2) is 16.6. The lowest BCUT2D eigenvalue weighted by molar-refractivity contribution is -0.145. The molecule has 1 unspecified atom stereocenters. The Kier molecular flexibility index (Phi) is 15.7. The van der Waals surface area contributed by atoms with Crippen molar-refractivity contribution in [2.24, 2.45) is 0 Å². The standard InChI is InChI=1S/C19H37NO4/c1-4-6-7-8-9-10-11-12-13-14-15-16-24-18(21)17(3)20-19(22)23-5-2/h17H,4-16H2,1-3H3,(H,20,22). The van der Waals surface area contributed by atoms with Crippen molar-refractivity contribution in [2.75, 3.05) is 13.2 Å². The third-order valence-corrected chi connectivity index (χ3v) is 3.96. The second-order valence-electron chi connectivity index (χ2n) is 6.29. The molecular formula is C19H37NO4. The fourth-order valence-electron chi connectivity index (χ4n) is 2.47. The van der Waals surface area contributed by atoms with E-state index in [9.17, 15) is 9.59 Å². The maximum absolute atomic E-state index is 11.7.